The van der Waals surface area contributed by atoms with Crippen LogP contribution in [0.3, 0.4) is 0 Å². The first kappa shape index (κ1) is 17.8. The summed E-state index contributed by atoms with van der Waals surface area (Å²) in [6, 6.07) is 5.53. The number of halogens is 1. The van der Waals surface area contributed by atoms with Crippen molar-refractivity contribution in [2.24, 2.45) is 0 Å². The van der Waals surface area contributed by atoms with Crippen LogP contribution < -0.4 is 5.32 Å². The molecule has 0 aromatic heterocycles. The Balaban J connectivity index is 2.16. The van der Waals surface area contributed by atoms with Gasteiger partial charge < -0.3 is 10.1 Å². The van der Waals surface area contributed by atoms with Crippen LogP contribution in [0.1, 0.15) is 24.4 Å². The van der Waals surface area contributed by atoms with Crippen molar-refractivity contribution >= 4 is 16.4 Å². The van der Waals surface area contributed by atoms with Gasteiger partial charge in [0.05, 0.1) is 18.4 Å². The van der Waals surface area contributed by atoms with Gasteiger partial charge in [-0.3, -0.25) is 4.79 Å². The summed E-state index contributed by atoms with van der Waals surface area (Å²) in [5.41, 5.74) is 0.756. The summed E-state index contributed by atoms with van der Waals surface area (Å²) < 4.78 is 45.2. The van der Waals surface area contributed by atoms with Crippen molar-refractivity contribution in [2.45, 2.75) is 18.9 Å². The molecular formula is C15H21FN2O4S. The fraction of sp³-hybridized carbons (Fsp3) is 0.533. The second-order valence-corrected chi connectivity index (χ2v) is 7.36. The van der Waals surface area contributed by atoms with Crippen molar-refractivity contribution in [2.75, 3.05) is 32.1 Å². The molecule has 1 amide bonds. The second-order valence-electron chi connectivity index (χ2n) is 5.32. The van der Waals surface area contributed by atoms with Gasteiger partial charge in [0.25, 0.3) is 0 Å². The molecule has 2 rings (SSSR count). The molecule has 1 aliphatic heterocycles. The SMILES string of the molecule is O=CNCCCS(=O)(=O)N1CCOCCC1c1ccc(F)cc1. The third-order valence-corrected chi connectivity index (χ3v) is 5.71. The van der Waals surface area contributed by atoms with E-state index >= 15 is 0 Å². The lowest BCUT2D eigenvalue weighted by Gasteiger charge is -2.29. The van der Waals surface area contributed by atoms with Crippen LogP contribution in [-0.4, -0.2) is 51.2 Å². The molecule has 1 fully saturated rings. The molecule has 1 saturated heterocycles. The summed E-state index contributed by atoms with van der Waals surface area (Å²) in [6.07, 6.45) is 1.42. The molecule has 1 aromatic rings. The number of nitrogens with one attached hydrogen (secondary N) is 1. The predicted molar refractivity (Wildman–Crippen MR) is 83.8 cm³/mol. The zero-order valence-corrected chi connectivity index (χ0v) is 13.6. The van der Waals surface area contributed by atoms with Gasteiger partial charge in [0, 0.05) is 19.7 Å². The number of hydrogen-bond acceptors (Lipinski definition) is 4. The third kappa shape index (κ3) is 4.98. The van der Waals surface area contributed by atoms with Crippen molar-refractivity contribution in [1.82, 2.24) is 9.62 Å². The largest absolute Gasteiger partial charge is 0.380 e. The van der Waals surface area contributed by atoms with E-state index in [0.29, 0.717) is 39.0 Å². The Morgan fingerprint density at radius 1 is 1.30 bits per heavy atom. The van der Waals surface area contributed by atoms with Crippen LogP contribution in [-0.2, 0) is 19.6 Å². The molecule has 6 nitrogen and oxygen atoms in total. The molecule has 1 aromatic carbocycles. The summed E-state index contributed by atoms with van der Waals surface area (Å²) in [5.74, 6) is -0.404. The minimum atomic E-state index is -3.49. The van der Waals surface area contributed by atoms with Gasteiger partial charge in [0.2, 0.25) is 16.4 Å². The third-order valence-electron chi connectivity index (χ3n) is 3.76. The molecule has 0 radical (unpaired) electrons. The van der Waals surface area contributed by atoms with E-state index in [2.05, 4.69) is 5.32 Å². The molecule has 8 heteroatoms. The summed E-state index contributed by atoms with van der Waals surface area (Å²) >= 11 is 0. The Morgan fingerprint density at radius 3 is 2.74 bits per heavy atom. The summed E-state index contributed by atoms with van der Waals surface area (Å²) in [7, 11) is -3.49. The van der Waals surface area contributed by atoms with E-state index in [1.807, 2.05) is 0 Å². The molecule has 0 aliphatic carbocycles. The fourth-order valence-electron chi connectivity index (χ4n) is 2.64. The zero-order chi connectivity index (χ0) is 16.7. The summed E-state index contributed by atoms with van der Waals surface area (Å²) in [4.78, 5) is 10.2. The lowest BCUT2D eigenvalue weighted by Crippen LogP contribution is -2.38. The molecule has 1 aliphatic rings. The number of ether oxygens (including phenoxy) is 1. The predicted octanol–water partition coefficient (Wildman–Crippen LogP) is 1.06. The maximum Gasteiger partial charge on any atom is 0.214 e. The van der Waals surface area contributed by atoms with Crippen LogP contribution >= 0.6 is 0 Å². The molecule has 0 saturated carbocycles. The van der Waals surface area contributed by atoms with Crippen molar-refractivity contribution in [3.63, 3.8) is 0 Å². The van der Waals surface area contributed by atoms with E-state index in [-0.39, 0.29) is 24.2 Å². The monoisotopic (exact) mass is 344 g/mol. The van der Waals surface area contributed by atoms with Crippen LogP contribution in [0.15, 0.2) is 24.3 Å². The minimum Gasteiger partial charge on any atom is -0.380 e. The van der Waals surface area contributed by atoms with Crippen molar-refractivity contribution in [3.8, 4) is 0 Å². The molecule has 23 heavy (non-hydrogen) atoms. The lowest BCUT2D eigenvalue weighted by atomic mass is 10.0. The maximum absolute atomic E-state index is 13.1. The van der Waals surface area contributed by atoms with Crippen molar-refractivity contribution in [1.29, 1.82) is 0 Å². The number of carbonyl (C=O) groups excluding carboxylic acids is 1. The Labute approximate surface area is 135 Å². The quantitative estimate of drug-likeness (QED) is 0.593. The number of benzene rings is 1. The Kier molecular flexibility index (Phi) is 6.49. The van der Waals surface area contributed by atoms with Crippen LogP contribution in [0.2, 0.25) is 0 Å². The molecule has 128 valence electrons. The molecule has 0 spiro atoms. The minimum absolute atomic E-state index is 0.0501. The second kappa shape index (κ2) is 8.37. The number of hydrogen-bond donors (Lipinski definition) is 1. The average Bonchev–Trinajstić information content (AvgIpc) is 2.79. The number of nitrogens with zero attached hydrogens (tertiary/aromatic N) is 1. The number of sulfonamides is 1. The Morgan fingerprint density at radius 2 is 2.04 bits per heavy atom. The molecule has 1 N–H and O–H groups in total. The Bertz CT molecular complexity index is 606. The first-order valence-electron chi connectivity index (χ1n) is 7.54. The first-order valence-corrected chi connectivity index (χ1v) is 9.15. The number of rotatable bonds is 7. The van der Waals surface area contributed by atoms with E-state index in [4.69, 9.17) is 4.74 Å². The van der Waals surface area contributed by atoms with Gasteiger partial charge >= 0.3 is 0 Å². The molecular weight excluding hydrogens is 323 g/mol. The van der Waals surface area contributed by atoms with E-state index in [1.54, 1.807) is 12.1 Å². The molecule has 1 unspecified atom stereocenters. The van der Waals surface area contributed by atoms with Gasteiger partial charge in [-0.2, -0.15) is 4.31 Å². The van der Waals surface area contributed by atoms with Gasteiger partial charge in [-0.1, -0.05) is 12.1 Å². The smallest absolute Gasteiger partial charge is 0.214 e. The average molecular weight is 344 g/mol. The number of carbonyl (C=O) groups is 1. The molecule has 1 atom stereocenters. The van der Waals surface area contributed by atoms with Crippen molar-refractivity contribution < 1.29 is 22.3 Å². The first-order chi connectivity index (χ1) is 11.0. The highest BCUT2D eigenvalue weighted by molar-refractivity contribution is 7.89. The lowest BCUT2D eigenvalue weighted by molar-refractivity contribution is -0.109. The van der Waals surface area contributed by atoms with Gasteiger partial charge in [0.1, 0.15) is 5.82 Å². The van der Waals surface area contributed by atoms with E-state index in [0.717, 1.165) is 5.56 Å². The summed E-state index contributed by atoms with van der Waals surface area (Å²) in [6.45, 7) is 1.38. The van der Waals surface area contributed by atoms with Crippen LogP contribution in [0.4, 0.5) is 4.39 Å². The topological polar surface area (TPSA) is 75.7 Å². The van der Waals surface area contributed by atoms with Gasteiger partial charge in [0.15, 0.2) is 0 Å². The van der Waals surface area contributed by atoms with Crippen LogP contribution in [0.25, 0.3) is 0 Å². The van der Waals surface area contributed by atoms with Gasteiger partial charge in [-0.25, -0.2) is 12.8 Å². The zero-order valence-electron chi connectivity index (χ0n) is 12.8. The van der Waals surface area contributed by atoms with E-state index in [1.165, 1.54) is 16.4 Å². The van der Waals surface area contributed by atoms with Gasteiger partial charge in [-0.15, -0.1) is 0 Å². The molecule has 0 bridgehead atoms. The van der Waals surface area contributed by atoms with Crippen molar-refractivity contribution in [3.05, 3.63) is 35.6 Å². The highest BCUT2D eigenvalue weighted by Crippen LogP contribution is 2.29. The highest BCUT2D eigenvalue weighted by Gasteiger charge is 2.32. The van der Waals surface area contributed by atoms with E-state index < -0.39 is 10.0 Å². The van der Waals surface area contributed by atoms with Gasteiger partial charge in [-0.05, 0) is 30.5 Å². The molecule has 1 heterocycles. The standard InChI is InChI=1S/C15H21FN2O4S/c16-14-4-2-13(3-5-14)15-6-9-22-10-8-18(15)23(20,21)11-1-7-17-12-19/h2-5,12,15H,1,6-11H2,(H,17,19). The number of amides is 1. The summed E-state index contributed by atoms with van der Waals surface area (Å²) in [5, 5.41) is 2.46. The highest BCUT2D eigenvalue weighted by atomic mass is 32.2. The van der Waals surface area contributed by atoms with Crippen LogP contribution in [0, 0.1) is 5.82 Å². The van der Waals surface area contributed by atoms with E-state index in [9.17, 15) is 17.6 Å². The Hall–Kier alpha value is -1.51. The maximum atomic E-state index is 13.1. The normalized spacial score (nSPS) is 20.0. The van der Waals surface area contributed by atoms with Crippen LogP contribution in [0.5, 0.6) is 0 Å². The fourth-order valence-corrected chi connectivity index (χ4v) is 4.35.